The molecule has 1 N–H and O–H groups in total. The van der Waals surface area contributed by atoms with Gasteiger partial charge in [-0.05, 0) is 57.9 Å². The Morgan fingerprint density at radius 2 is 2.05 bits per heavy atom. The quantitative estimate of drug-likeness (QED) is 0.899. The van der Waals surface area contributed by atoms with Gasteiger partial charge in [-0.25, -0.2) is 4.39 Å². The van der Waals surface area contributed by atoms with Gasteiger partial charge in [0, 0.05) is 24.7 Å². The summed E-state index contributed by atoms with van der Waals surface area (Å²) >= 11 is 0. The minimum Gasteiger partial charge on any atom is -0.317 e. The van der Waals surface area contributed by atoms with Crippen LogP contribution in [0, 0.1) is 5.82 Å². The Balaban J connectivity index is 1.92. The number of piperidine rings is 1. The highest BCUT2D eigenvalue weighted by Crippen LogP contribution is 2.21. The maximum Gasteiger partial charge on any atom is 0.123 e. The average molecular weight is 264 g/mol. The van der Waals surface area contributed by atoms with E-state index in [9.17, 15) is 4.39 Å². The van der Waals surface area contributed by atoms with Crippen molar-refractivity contribution in [3.05, 3.63) is 35.6 Å². The molecule has 0 aliphatic carbocycles. The van der Waals surface area contributed by atoms with E-state index in [1.165, 1.54) is 18.4 Å². The van der Waals surface area contributed by atoms with Gasteiger partial charge in [-0.3, -0.25) is 4.90 Å². The molecule has 0 aromatic heterocycles. The number of hydrogen-bond donors (Lipinski definition) is 1. The van der Waals surface area contributed by atoms with Crippen LogP contribution in [-0.2, 0) is 6.42 Å². The molecule has 3 heteroatoms. The lowest BCUT2D eigenvalue weighted by Gasteiger charge is -2.41. The van der Waals surface area contributed by atoms with E-state index in [-0.39, 0.29) is 5.82 Å². The first-order chi connectivity index (χ1) is 9.10. The van der Waals surface area contributed by atoms with Gasteiger partial charge >= 0.3 is 0 Å². The number of nitrogens with zero attached hydrogens (tertiary/aromatic N) is 1. The number of nitrogens with one attached hydrogen (secondary N) is 1. The van der Waals surface area contributed by atoms with Gasteiger partial charge in [-0.1, -0.05) is 12.1 Å². The van der Waals surface area contributed by atoms with Crippen molar-refractivity contribution in [1.82, 2.24) is 10.2 Å². The molecule has 1 aliphatic heterocycles. The lowest BCUT2D eigenvalue weighted by molar-refractivity contribution is 0.0974. The number of hydrogen-bond acceptors (Lipinski definition) is 2. The Labute approximate surface area is 116 Å². The molecule has 0 bridgehead atoms. The number of rotatable bonds is 4. The summed E-state index contributed by atoms with van der Waals surface area (Å²) in [5.41, 5.74) is 1.22. The minimum atomic E-state index is -0.153. The summed E-state index contributed by atoms with van der Waals surface area (Å²) in [5.74, 6) is -0.153. The topological polar surface area (TPSA) is 15.3 Å². The molecule has 1 heterocycles. The predicted molar refractivity (Wildman–Crippen MR) is 77.8 cm³/mol. The molecule has 106 valence electrons. The molecule has 0 spiro atoms. The lowest BCUT2D eigenvalue weighted by atomic mass is 9.95. The molecule has 1 saturated heterocycles. The lowest BCUT2D eigenvalue weighted by Crippen LogP contribution is -2.50. The van der Waals surface area contributed by atoms with E-state index < -0.39 is 0 Å². The van der Waals surface area contributed by atoms with E-state index in [0.29, 0.717) is 18.1 Å². The van der Waals surface area contributed by atoms with Crippen molar-refractivity contribution in [2.24, 2.45) is 0 Å². The van der Waals surface area contributed by atoms with Crippen LogP contribution in [-0.4, -0.2) is 36.6 Å². The van der Waals surface area contributed by atoms with Crippen molar-refractivity contribution in [3.8, 4) is 0 Å². The summed E-state index contributed by atoms with van der Waals surface area (Å²) in [6.07, 6.45) is 3.42. The second kappa shape index (κ2) is 6.49. The second-order valence-electron chi connectivity index (χ2n) is 5.78. The van der Waals surface area contributed by atoms with E-state index in [1.807, 2.05) is 12.1 Å². The molecule has 0 amide bonds. The Morgan fingerprint density at radius 1 is 1.37 bits per heavy atom. The van der Waals surface area contributed by atoms with Gasteiger partial charge in [0.25, 0.3) is 0 Å². The third-order valence-corrected chi connectivity index (χ3v) is 4.35. The van der Waals surface area contributed by atoms with Gasteiger partial charge in [0.1, 0.15) is 5.82 Å². The van der Waals surface area contributed by atoms with Crippen LogP contribution in [0.15, 0.2) is 24.3 Å². The molecule has 1 aliphatic rings. The Morgan fingerprint density at radius 3 is 2.63 bits per heavy atom. The third kappa shape index (κ3) is 3.77. The predicted octanol–water partition coefficient (Wildman–Crippen LogP) is 2.83. The number of likely N-dealkylation sites (tertiary alicyclic amines) is 1. The SMILES string of the molecule is CNC1CCN(C(C)Cc2ccc(F)cc2)C(C)C1. The average Bonchev–Trinajstić information content (AvgIpc) is 2.41. The smallest absolute Gasteiger partial charge is 0.123 e. The fourth-order valence-electron chi connectivity index (χ4n) is 3.19. The zero-order chi connectivity index (χ0) is 13.8. The molecular weight excluding hydrogens is 239 g/mol. The molecule has 2 rings (SSSR count). The highest BCUT2D eigenvalue weighted by molar-refractivity contribution is 5.17. The van der Waals surface area contributed by atoms with Crippen molar-refractivity contribution < 1.29 is 4.39 Å². The van der Waals surface area contributed by atoms with E-state index >= 15 is 0 Å². The molecule has 1 fully saturated rings. The maximum atomic E-state index is 12.9. The van der Waals surface area contributed by atoms with Crippen LogP contribution >= 0.6 is 0 Å². The van der Waals surface area contributed by atoms with Gasteiger partial charge in [0.15, 0.2) is 0 Å². The molecule has 0 saturated carbocycles. The fourth-order valence-corrected chi connectivity index (χ4v) is 3.19. The van der Waals surface area contributed by atoms with Gasteiger partial charge < -0.3 is 5.32 Å². The zero-order valence-electron chi connectivity index (χ0n) is 12.2. The van der Waals surface area contributed by atoms with Crippen LogP contribution in [0.25, 0.3) is 0 Å². The molecule has 19 heavy (non-hydrogen) atoms. The Kier molecular flexibility index (Phi) is 4.94. The molecule has 0 radical (unpaired) electrons. The first kappa shape index (κ1) is 14.5. The highest BCUT2D eigenvalue weighted by Gasteiger charge is 2.27. The van der Waals surface area contributed by atoms with Gasteiger partial charge in [0.05, 0.1) is 0 Å². The van der Waals surface area contributed by atoms with Crippen molar-refractivity contribution in [1.29, 1.82) is 0 Å². The monoisotopic (exact) mass is 264 g/mol. The molecular formula is C16H25FN2. The zero-order valence-corrected chi connectivity index (χ0v) is 12.2. The van der Waals surface area contributed by atoms with Crippen LogP contribution in [0.5, 0.6) is 0 Å². The molecule has 1 aromatic carbocycles. The van der Waals surface area contributed by atoms with E-state index in [0.717, 1.165) is 13.0 Å². The summed E-state index contributed by atoms with van der Waals surface area (Å²) in [6, 6.07) is 8.69. The van der Waals surface area contributed by atoms with E-state index in [2.05, 4.69) is 31.1 Å². The fraction of sp³-hybridized carbons (Fsp3) is 0.625. The van der Waals surface area contributed by atoms with Crippen LogP contribution in [0.1, 0.15) is 32.3 Å². The largest absolute Gasteiger partial charge is 0.317 e. The second-order valence-corrected chi connectivity index (χ2v) is 5.78. The summed E-state index contributed by atoms with van der Waals surface area (Å²) in [7, 11) is 2.05. The van der Waals surface area contributed by atoms with Gasteiger partial charge in [-0.2, -0.15) is 0 Å². The maximum absolute atomic E-state index is 12.9. The standard InChI is InChI=1S/C16H25FN2/c1-12(10-14-4-6-15(17)7-5-14)19-9-8-16(18-3)11-13(19)2/h4-7,12-13,16,18H,8-11H2,1-3H3. The van der Waals surface area contributed by atoms with Crippen LogP contribution in [0.4, 0.5) is 4.39 Å². The molecule has 3 unspecified atom stereocenters. The van der Waals surface area contributed by atoms with Crippen molar-refractivity contribution in [3.63, 3.8) is 0 Å². The first-order valence-corrected chi connectivity index (χ1v) is 7.27. The van der Waals surface area contributed by atoms with E-state index in [1.54, 1.807) is 12.1 Å². The van der Waals surface area contributed by atoms with Crippen LogP contribution < -0.4 is 5.32 Å². The Hall–Kier alpha value is -0.930. The summed E-state index contributed by atoms with van der Waals surface area (Å²) in [6.45, 7) is 5.74. The number of benzene rings is 1. The summed E-state index contributed by atoms with van der Waals surface area (Å²) in [4.78, 5) is 2.58. The summed E-state index contributed by atoms with van der Waals surface area (Å²) < 4.78 is 12.9. The first-order valence-electron chi connectivity index (χ1n) is 7.27. The normalized spacial score (nSPS) is 26.3. The molecule has 3 atom stereocenters. The Bertz CT molecular complexity index is 390. The van der Waals surface area contributed by atoms with E-state index in [4.69, 9.17) is 0 Å². The van der Waals surface area contributed by atoms with Crippen molar-refractivity contribution in [2.45, 2.75) is 51.2 Å². The molecule has 2 nitrogen and oxygen atoms in total. The van der Waals surface area contributed by atoms with Gasteiger partial charge in [-0.15, -0.1) is 0 Å². The van der Waals surface area contributed by atoms with Gasteiger partial charge in [0.2, 0.25) is 0 Å². The summed E-state index contributed by atoms with van der Waals surface area (Å²) in [5, 5.41) is 3.38. The van der Waals surface area contributed by atoms with Crippen molar-refractivity contribution in [2.75, 3.05) is 13.6 Å². The number of halogens is 1. The van der Waals surface area contributed by atoms with Crippen LogP contribution in [0.2, 0.25) is 0 Å². The third-order valence-electron chi connectivity index (χ3n) is 4.35. The van der Waals surface area contributed by atoms with Crippen molar-refractivity contribution >= 4 is 0 Å². The highest BCUT2D eigenvalue weighted by atomic mass is 19.1. The minimum absolute atomic E-state index is 0.153. The van der Waals surface area contributed by atoms with Crippen LogP contribution in [0.3, 0.4) is 0 Å². The molecule has 1 aromatic rings.